The normalized spacial score (nSPS) is 20.0. The zero-order valence-corrected chi connectivity index (χ0v) is 16.5. The summed E-state index contributed by atoms with van der Waals surface area (Å²) < 4.78 is 0.919. The van der Waals surface area contributed by atoms with Crippen LogP contribution in [-0.4, -0.2) is 26.8 Å². The third kappa shape index (κ3) is 4.13. The van der Waals surface area contributed by atoms with Gasteiger partial charge >= 0.3 is 0 Å². The summed E-state index contributed by atoms with van der Waals surface area (Å²) in [5.41, 5.74) is 7.28. The molecule has 130 valence electrons. The highest BCUT2D eigenvalue weighted by Gasteiger charge is 2.31. The second kappa shape index (κ2) is 7.31. The van der Waals surface area contributed by atoms with Crippen molar-refractivity contribution in [3.8, 4) is 0 Å². The third-order valence-corrected chi connectivity index (χ3v) is 5.54. The lowest BCUT2D eigenvalue weighted by molar-refractivity contribution is 0.102. The number of rotatable bonds is 3. The number of nitrogens with zero attached hydrogens (tertiary/aromatic N) is 3. The highest BCUT2D eigenvalue weighted by atomic mass is 79.9. The lowest BCUT2D eigenvalue weighted by atomic mass is 9.89. The Hall–Kier alpha value is -1.64. The van der Waals surface area contributed by atoms with Crippen molar-refractivity contribution in [3.63, 3.8) is 0 Å². The molecule has 9 heteroatoms. The van der Waals surface area contributed by atoms with Gasteiger partial charge < -0.3 is 11.1 Å². The number of nitrogens with one attached hydrogen (secondary N) is 1. The molecule has 0 unspecified atom stereocenters. The number of carbonyl (C=O) groups excluding carboxylic acids is 1. The van der Waals surface area contributed by atoms with E-state index >= 15 is 0 Å². The summed E-state index contributed by atoms with van der Waals surface area (Å²) in [6.45, 7) is 2.04. The first-order valence-corrected chi connectivity index (χ1v) is 9.60. The number of amides is 1. The van der Waals surface area contributed by atoms with Crippen LogP contribution in [-0.2, 0) is 5.54 Å². The van der Waals surface area contributed by atoms with Crippen LogP contribution in [0.2, 0.25) is 5.15 Å². The molecule has 1 aliphatic rings. The number of benzene rings is 1. The number of nitrogens with two attached hydrogens (primary N) is 1. The molecule has 2 heterocycles. The Morgan fingerprint density at radius 1 is 1.40 bits per heavy atom. The van der Waals surface area contributed by atoms with E-state index in [9.17, 15) is 4.79 Å². The molecule has 1 aromatic carbocycles. The predicted octanol–water partition coefficient (Wildman–Crippen LogP) is 3.81. The zero-order chi connectivity index (χ0) is 18.0. The number of carbonyl (C=O) groups is 1. The van der Waals surface area contributed by atoms with Crippen molar-refractivity contribution in [1.29, 1.82) is 0 Å². The second-order valence-corrected chi connectivity index (χ2v) is 8.05. The molecule has 1 atom stereocenters. The topological polar surface area (TPSA) is 93.3 Å². The lowest BCUT2D eigenvalue weighted by Gasteiger charge is -2.31. The quantitative estimate of drug-likeness (QED) is 0.757. The van der Waals surface area contributed by atoms with Gasteiger partial charge in [-0.05, 0) is 37.1 Å². The fourth-order valence-corrected chi connectivity index (χ4v) is 4.27. The molecule has 0 radical (unpaired) electrons. The zero-order valence-electron chi connectivity index (χ0n) is 13.3. The van der Waals surface area contributed by atoms with Crippen LogP contribution < -0.4 is 11.1 Å². The summed E-state index contributed by atoms with van der Waals surface area (Å²) >= 11 is 10.8. The summed E-state index contributed by atoms with van der Waals surface area (Å²) in [6.07, 6.45) is 3.53. The largest absolute Gasteiger partial charge is 0.379 e. The van der Waals surface area contributed by atoms with Crippen molar-refractivity contribution in [1.82, 2.24) is 9.97 Å². The molecule has 3 rings (SSSR count). The van der Waals surface area contributed by atoms with Gasteiger partial charge in [0.05, 0.1) is 17.9 Å². The molecule has 1 aliphatic heterocycles. The van der Waals surface area contributed by atoms with Crippen molar-refractivity contribution < 1.29 is 4.79 Å². The van der Waals surface area contributed by atoms with Crippen LogP contribution in [0.4, 0.5) is 5.69 Å². The minimum absolute atomic E-state index is 0.191. The molecule has 2 aromatic rings. The summed E-state index contributed by atoms with van der Waals surface area (Å²) in [5.74, 6) is 0.541. The van der Waals surface area contributed by atoms with E-state index in [1.54, 1.807) is 11.8 Å². The van der Waals surface area contributed by atoms with Gasteiger partial charge in [0, 0.05) is 15.9 Å². The van der Waals surface area contributed by atoms with Crippen molar-refractivity contribution in [2.45, 2.75) is 18.9 Å². The molecule has 0 saturated carbocycles. The van der Waals surface area contributed by atoms with Gasteiger partial charge in [-0.1, -0.05) is 39.3 Å². The van der Waals surface area contributed by atoms with Crippen molar-refractivity contribution in [2.24, 2.45) is 10.7 Å². The lowest BCUT2D eigenvalue weighted by Crippen LogP contribution is -2.29. The number of thioether (sulfide) groups is 1. The summed E-state index contributed by atoms with van der Waals surface area (Å²) in [6, 6.07) is 5.60. The second-order valence-electron chi connectivity index (χ2n) is 5.70. The Balaban J connectivity index is 1.88. The standard InChI is InChI=1S/C16H15BrClN5OS/c1-16(4-5-25-15(19)23-16)10-6-9(2-3-11(10)17)22-14(24)12-7-21-13(18)8-20-12/h2-3,6-8H,4-5H2,1H3,(H2,19,23)(H,22,24)/t16-/m0/s1. The van der Waals surface area contributed by atoms with E-state index < -0.39 is 5.54 Å². The molecule has 0 saturated heterocycles. The number of halogens is 2. The molecular weight excluding hydrogens is 426 g/mol. The molecule has 0 bridgehead atoms. The summed E-state index contributed by atoms with van der Waals surface area (Å²) in [5, 5.41) is 3.64. The molecule has 25 heavy (non-hydrogen) atoms. The Bertz CT molecular complexity index is 845. The smallest absolute Gasteiger partial charge is 0.275 e. The molecule has 0 aliphatic carbocycles. The highest BCUT2D eigenvalue weighted by molar-refractivity contribution is 9.10. The highest BCUT2D eigenvalue weighted by Crippen LogP contribution is 2.39. The number of aliphatic imine (C=N–C) groups is 1. The van der Waals surface area contributed by atoms with Gasteiger partial charge in [0.1, 0.15) is 10.8 Å². The first-order valence-electron chi connectivity index (χ1n) is 7.44. The molecule has 0 spiro atoms. The van der Waals surface area contributed by atoms with Gasteiger partial charge in [-0.2, -0.15) is 0 Å². The minimum Gasteiger partial charge on any atom is -0.379 e. The van der Waals surface area contributed by atoms with Gasteiger partial charge in [-0.15, -0.1) is 0 Å². The van der Waals surface area contributed by atoms with Gasteiger partial charge in [0.15, 0.2) is 5.17 Å². The van der Waals surface area contributed by atoms with Crippen LogP contribution in [0.25, 0.3) is 0 Å². The maximum Gasteiger partial charge on any atom is 0.275 e. The predicted molar refractivity (Wildman–Crippen MR) is 105 cm³/mol. The molecule has 6 nitrogen and oxygen atoms in total. The van der Waals surface area contributed by atoms with E-state index in [0.29, 0.717) is 10.9 Å². The fourth-order valence-electron chi connectivity index (χ4n) is 2.52. The van der Waals surface area contributed by atoms with Crippen LogP contribution in [0.15, 0.2) is 40.1 Å². The van der Waals surface area contributed by atoms with Crippen LogP contribution >= 0.6 is 39.3 Å². The molecular formula is C16H15BrClN5OS. The van der Waals surface area contributed by atoms with E-state index in [-0.39, 0.29) is 16.8 Å². The number of hydrogen-bond acceptors (Lipinski definition) is 6. The van der Waals surface area contributed by atoms with Crippen molar-refractivity contribution in [2.75, 3.05) is 11.1 Å². The Labute approximate surface area is 162 Å². The van der Waals surface area contributed by atoms with Crippen molar-refractivity contribution >= 4 is 56.1 Å². The minimum atomic E-state index is -0.436. The summed E-state index contributed by atoms with van der Waals surface area (Å²) in [4.78, 5) is 24.8. The van der Waals surface area contributed by atoms with Gasteiger partial charge in [0.2, 0.25) is 0 Å². The average Bonchev–Trinajstić information content (AvgIpc) is 2.57. The molecule has 1 amide bonds. The van der Waals surface area contributed by atoms with Crippen LogP contribution in [0, 0.1) is 0 Å². The average molecular weight is 441 g/mol. The summed E-state index contributed by atoms with van der Waals surface area (Å²) in [7, 11) is 0. The first-order chi connectivity index (χ1) is 11.9. The molecule has 3 N–H and O–H groups in total. The van der Waals surface area contributed by atoms with E-state index in [1.165, 1.54) is 12.4 Å². The van der Waals surface area contributed by atoms with E-state index in [1.807, 2.05) is 25.1 Å². The maximum atomic E-state index is 12.3. The molecule has 0 fully saturated rings. The van der Waals surface area contributed by atoms with Crippen LogP contribution in [0.5, 0.6) is 0 Å². The van der Waals surface area contributed by atoms with E-state index in [0.717, 1.165) is 22.2 Å². The van der Waals surface area contributed by atoms with Crippen LogP contribution in [0.1, 0.15) is 29.4 Å². The number of hydrogen-bond donors (Lipinski definition) is 2. The van der Waals surface area contributed by atoms with Crippen molar-refractivity contribution in [3.05, 3.63) is 51.5 Å². The number of amidine groups is 1. The number of aromatic nitrogens is 2. The third-order valence-electron chi connectivity index (χ3n) is 3.85. The van der Waals surface area contributed by atoms with E-state index in [2.05, 4.69) is 36.2 Å². The van der Waals surface area contributed by atoms with E-state index in [4.69, 9.17) is 17.3 Å². The SMILES string of the molecule is C[C@@]1(c2cc(NC(=O)c3cnc(Cl)cn3)ccc2Br)CCSC(N)=N1. The van der Waals surface area contributed by atoms with Gasteiger partial charge in [-0.25, -0.2) is 9.97 Å². The van der Waals surface area contributed by atoms with Gasteiger partial charge in [0.25, 0.3) is 5.91 Å². The van der Waals surface area contributed by atoms with Crippen LogP contribution in [0.3, 0.4) is 0 Å². The Morgan fingerprint density at radius 2 is 2.20 bits per heavy atom. The fraction of sp³-hybridized carbons (Fsp3) is 0.250. The Kier molecular flexibility index (Phi) is 5.31. The Morgan fingerprint density at radius 3 is 2.88 bits per heavy atom. The first kappa shape index (κ1) is 18.2. The molecule has 1 aromatic heterocycles. The number of anilines is 1. The van der Waals surface area contributed by atoms with Gasteiger partial charge in [-0.3, -0.25) is 9.79 Å². The maximum absolute atomic E-state index is 12.3. The monoisotopic (exact) mass is 439 g/mol.